The molecular formula is C28H48O8Sn. The average Bonchev–Trinajstić information content (AvgIpc) is 2.84. The molecule has 0 N–H and O–H groups in total. The van der Waals surface area contributed by atoms with Crippen molar-refractivity contribution in [2.75, 3.05) is 13.2 Å². The fourth-order valence-corrected chi connectivity index (χ4v) is 2.21. The zero-order chi connectivity index (χ0) is 28.5. The van der Waals surface area contributed by atoms with Gasteiger partial charge in [0.05, 0.1) is 25.2 Å². The number of carbonyl (C=O) groups excluding carboxylic acids is 4. The molecule has 0 aromatic rings. The monoisotopic (exact) mass is 632 g/mol. The molecule has 0 aliphatic carbocycles. The smallest absolute Gasteiger partial charge is 0.545 e. The quantitative estimate of drug-likeness (QED) is 0.109. The zero-order valence-corrected chi connectivity index (χ0v) is 26.2. The Morgan fingerprint density at radius 1 is 0.568 bits per heavy atom. The molecule has 37 heavy (non-hydrogen) atoms. The summed E-state index contributed by atoms with van der Waals surface area (Å²) in [5.74, 6) is -4.17. The van der Waals surface area contributed by atoms with Gasteiger partial charge >= 0.3 is 35.8 Å². The second-order valence-electron chi connectivity index (χ2n) is 7.34. The van der Waals surface area contributed by atoms with Crippen LogP contribution in [0.1, 0.15) is 105 Å². The summed E-state index contributed by atoms with van der Waals surface area (Å²) in [4.78, 5) is 40.1. The van der Waals surface area contributed by atoms with Crippen LogP contribution in [0.15, 0.2) is 24.3 Å². The normalized spacial score (nSPS) is 9.46. The summed E-state index contributed by atoms with van der Waals surface area (Å²) in [5, 5.41) is 19.4. The molecule has 0 rings (SSSR count). The van der Waals surface area contributed by atoms with Crippen molar-refractivity contribution in [2.24, 2.45) is 0 Å². The second kappa shape index (κ2) is 41.3. The van der Waals surface area contributed by atoms with Gasteiger partial charge in [-0.05, 0) is 26.0 Å². The minimum Gasteiger partial charge on any atom is -0.545 e. The van der Waals surface area contributed by atoms with E-state index in [9.17, 15) is 29.4 Å². The Kier molecular flexibility index (Phi) is 50.3. The molecule has 212 valence electrons. The number of carboxylic acids is 2. The second-order valence-corrected chi connectivity index (χ2v) is 7.34. The van der Waals surface area contributed by atoms with Crippen LogP contribution < -0.4 is 10.2 Å². The molecule has 0 fully saturated rings. The summed E-state index contributed by atoms with van der Waals surface area (Å²) >= 11 is 0. The number of unbranched alkanes of at least 4 members (excludes halogenated alkanes) is 10. The van der Waals surface area contributed by atoms with Crippen molar-refractivity contribution in [2.45, 2.75) is 105 Å². The number of carbonyl (C=O) groups is 4. The van der Waals surface area contributed by atoms with Crippen molar-refractivity contribution in [3.8, 4) is 0 Å². The van der Waals surface area contributed by atoms with Crippen LogP contribution >= 0.6 is 0 Å². The van der Waals surface area contributed by atoms with Crippen LogP contribution in [0.25, 0.3) is 0 Å². The third kappa shape index (κ3) is 60.5. The molecule has 0 aromatic heterocycles. The van der Waals surface area contributed by atoms with Gasteiger partial charge in [0.1, 0.15) is 0 Å². The van der Waals surface area contributed by atoms with Gasteiger partial charge in [0.25, 0.3) is 0 Å². The first-order chi connectivity index (χ1) is 17.2. The van der Waals surface area contributed by atoms with Crippen LogP contribution in [0.4, 0.5) is 0 Å². The summed E-state index contributed by atoms with van der Waals surface area (Å²) in [6, 6.07) is 0. The first-order valence-corrected chi connectivity index (χ1v) is 12.9. The summed E-state index contributed by atoms with van der Waals surface area (Å²) in [5.41, 5.74) is 0. The van der Waals surface area contributed by atoms with Gasteiger partial charge in [-0.15, -0.1) is 0 Å². The number of ether oxygens (including phenoxy) is 2. The standard InChI is InChI=1S/2C8H17.2C6H8O4.Sn/c2*1-3-5-7-8-6-4-2;2*1-2-10-6(9)4-3-5(7)8;/h2*1,3-8H2,2H3;2*3-4H,2H2,1H3,(H,7,8);/q;;;;+2/p-2/b;;2*4-3+;. The van der Waals surface area contributed by atoms with E-state index in [-0.39, 0.29) is 37.1 Å². The minimum atomic E-state index is -1.41. The Morgan fingerprint density at radius 3 is 1.08 bits per heavy atom. The number of hydrogen-bond acceptors (Lipinski definition) is 8. The van der Waals surface area contributed by atoms with Gasteiger partial charge in [-0.1, -0.05) is 105 Å². The van der Waals surface area contributed by atoms with Crippen LogP contribution in [0.5, 0.6) is 0 Å². The largest absolute Gasteiger partial charge is 2.00 e. The summed E-state index contributed by atoms with van der Waals surface area (Å²) in [7, 11) is 0. The van der Waals surface area contributed by atoms with E-state index in [2.05, 4.69) is 37.2 Å². The zero-order valence-electron chi connectivity index (χ0n) is 23.4. The van der Waals surface area contributed by atoms with Gasteiger partial charge in [0, 0.05) is 12.2 Å². The fraction of sp³-hybridized carbons (Fsp3) is 0.643. The first kappa shape index (κ1) is 45.1. The van der Waals surface area contributed by atoms with Crippen LogP contribution in [0.3, 0.4) is 0 Å². The van der Waals surface area contributed by atoms with Crippen molar-refractivity contribution >= 4 is 47.8 Å². The Hall–Kier alpha value is -1.84. The number of rotatable bonds is 16. The maximum absolute atomic E-state index is 10.3. The van der Waals surface area contributed by atoms with E-state index in [4.69, 9.17) is 0 Å². The topological polar surface area (TPSA) is 133 Å². The molecule has 0 saturated heterocycles. The molecule has 0 aliphatic rings. The SMILES string of the molecule is CCOC(=O)/C=C/C(=O)[O-].CCOC(=O)/C=C/C(=O)[O-].[CH2]CCCCCCC.[CH2]CCCCCCC.[Sn+2]. The maximum atomic E-state index is 10.3. The van der Waals surface area contributed by atoms with E-state index in [1.54, 1.807) is 13.8 Å². The minimum absolute atomic E-state index is 0. The Labute approximate surface area is 242 Å². The van der Waals surface area contributed by atoms with Gasteiger partial charge in [-0.25, -0.2) is 9.59 Å². The molecule has 0 unspecified atom stereocenters. The van der Waals surface area contributed by atoms with Crippen molar-refractivity contribution in [1.82, 2.24) is 0 Å². The number of aliphatic carboxylic acids is 2. The van der Waals surface area contributed by atoms with Gasteiger partial charge in [0.2, 0.25) is 0 Å². The number of hydrogen-bond donors (Lipinski definition) is 0. The molecule has 0 bridgehead atoms. The number of esters is 2. The van der Waals surface area contributed by atoms with Crippen molar-refractivity contribution in [3.05, 3.63) is 38.2 Å². The van der Waals surface area contributed by atoms with Crippen molar-refractivity contribution < 1.29 is 38.9 Å². The molecule has 0 spiro atoms. The van der Waals surface area contributed by atoms with Crippen LogP contribution in [-0.2, 0) is 28.7 Å². The van der Waals surface area contributed by atoms with Crippen molar-refractivity contribution in [1.29, 1.82) is 0 Å². The molecule has 0 aromatic carbocycles. The Bertz CT molecular complexity index is 513. The molecule has 0 atom stereocenters. The van der Waals surface area contributed by atoms with E-state index < -0.39 is 23.9 Å². The van der Waals surface area contributed by atoms with Crippen molar-refractivity contribution in [3.63, 3.8) is 0 Å². The molecule has 0 amide bonds. The number of carboxylic acid groups (broad SMARTS) is 2. The Morgan fingerprint density at radius 2 is 0.865 bits per heavy atom. The van der Waals surface area contributed by atoms with Gasteiger partial charge in [-0.2, -0.15) is 0 Å². The van der Waals surface area contributed by atoms with E-state index >= 15 is 0 Å². The Balaban J connectivity index is -0.000000123. The van der Waals surface area contributed by atoms with Crippen LogP contribution in [0.2, 0.25) is 0 Å². The third-order valence-corrected chi connectivity index (χ3v) is 3.99. The van der Waals surface area contributed by atoms with E-state index in [0.29, 0.717) is 12.2 Å². The van der Waals surface area contributed by atoms with Gasteiger partial charge < -0.3 is 29.3 Å². The third-order valence-electron chi connectivity index (χ3n) is 3.99. The van der Waals surface area contributed by atoms with Crippen LogP contribution in [0, 0.1) is 13.8 Å². The summed E-state index contributed by atoms with van der Waals surface area (Å²) in [6.45, 7) is 15.8. The molecule has 0 aliphatic heterocycles. The predicted octanol–water partition coefficient (Wildman–Crippen LogP) is 3.69. The predicted molar refractivity (Wildman–Crippen MR) is 145 cm³/mol. The molecule has 0 heterocycles. The molecular weight excluding hydrogens is 583 g/mol. The molecule has 8 nitrogen and oxygen atoms in total. The van der Waals surface area contributed by atoms with Gasteiger partial charge in [0.15, 0.2) is 0 Å². The van der Waals surface area contributed by atoms with Gasteiger partial charge in [-0.3, -0.25) is 0 Å². The fourth-order valence-electron chi connectivity index (χ4n) is 2.21. The van der Waals surface area contributed by atoms with E-state index in [1.807, 2.05) is 0 Å². The van der Waals surface area contributed by atoms with Crippen LogP contribution in [-0.4, -0.2) is 61.0 Å². The molecule has 9 heteroatoms. The maximum Gasteiger partial charge on any atom is 2.00 e. The van der Waals surface area contributed by atoms with E-state index in [1.165, 1.54) is 64.2 Å². The summed E-state index contributed by atoms with van der Waals surface area (Å²) in [6.07, 6.45) is 18.8. The molecule has 0 saturated carbocycles. The molecule has 4 radical (unpaired) electrons. The van der Waals surface area contributed by atoms with E-state index in [0.717, 1.165) is 25.0 Å². The first-order valence-electron chi connectivity index (χ1n) is 12.9. The summed E-state index contributed by atoms with van der Waals surface area (Å²) < 4.78 is 8.75. The average molecular weight is 631 g/mol.